The maximum Gasteiger partial charge on any atom is 6.00 e. The second-order valence-corrected chi connectivity index (χ2v) is 1.31. The van der Waals surface area contributed by atoms with E-state index >= 15 is 0 Å². The summed E-state index contributed by atoms with van der Waals surface area (Å²) < 4.78 is 7.50. The summed E-state index contributed by atoms with van der Waals surface area (Å²) in [6, 6.07) is 0. The van der Waals surface area contributed by atoms with Gasteiger partial charge in [0.2, 0.25) is 0 Å². The van der Waals surface area contributed by atoms with Crippen molar-refractivity contribution in [1.82, 2.24) is 0 Å². The number of rotatable bonds is 2. The van der Waals surface area contributed by atoms with E-state index in [2.05, 4.69) is 19.3 Å². The molecule has 11 heavy (non-hydrogen) atoms. The third-order valence-corrected chi connectivity index (χ3v) is 0.549. The molecule has 0 spiro atoms. The number of hydrogen-bond donors (Lipinski definition) is 2. The van der Waals surface area contributed by atoms with E-state index in [1.165, 1.54) is 0 Å². The number of carboxylic acid groups (broad SMARTS) is 1. The predicted octanol–water partition coefficient (Wildman–Crippen LogP) is -2.65. The van der Waals surface area contributed by atoms with Gasteiger partial charge < -0.3 is 5.11 Å². The SMILES string of the molecule is O=C(O)CCS.[C-]#[O+].[Na+].[Os+5].[Os+6]. The molecule has 0 aromatic heterocycles. The second-order valence-electron chi connectivity index (χ2n) is 0.867. The molecule has 0 saturated carbocycles. The van der Waals surface area contributed by atoms with Crippen LogP contribution in [0.4, 0.5) is 0 Å². The van der Waals surface area contributed by atoms with Crippen molar-refractivity contribution >= 4 is 18.6 Å². The quantitative estimate of drug-likeness (QED) is 0.175. The third kappa shape index (κ3) is 49.0. The van der Waals surface area contributed by atoms with Gasteiger partial charge in [-0.3, -0.25) is 4.79 Å². The van der Waals surface area contributed by atoms with Crippen molar-refractivity contribution in [3.05, 3.63) is 6.65 Å². The predicted molar refractivity (Wildman–Crippen MR) is 30.0 cm³/mol. The van der Waals surface area contributed by atoms with Gasteiger partial charge in [-0.05, 0) is 0 Å². The Balaban J connectivity index is -0.0000000222. The summed E-state index contributed by atoms with van der Waals surface area (Å²) in [4.78, 5) is 9.55. The molecule has 0 saturated heterocycles. The molecule has 0 unspecified atom stereocenters. The first-order chi connectivity index (χ1) is 3.77. The summed E-state index contributed by atoms with van der Waals surface area (Å²) in [5, 5.41) is 7.86. The minimum absolute atomic E-state index is 0. The first kappa shape index (κ1) is 29.3. The summed E-state index contributed by atoms with van der Waals surface area (Å²) in [6.45, 7) is 4.50. The van der Waals surface area contributed by atoms with Crippen molar-refractivity contribution in [3.8, 4) is 0 Å². The zero-order valence-electron chi connectivity index (χ0n) is 5.83. The van der Waals surface area contributed by atoms with Gasteiger partial charge in [0.15, 0.2) is 0 Å². The van der Waals surface area contributed by atoms with Gasteiger partial charge in [-0.2, -0.15) is 12.6 Å². The molecule has 0 aliphatic carbocycles. The molecule has 51 valence electrons. The Hall–Kier alpha value is 1.83. The summed E-state index contributed by atoms with van der Waals surface area (Å²) in [7, 11) is 0. The largest absolute Gasteiger partial charge is 6.00 e. The molecule has 1 N–H and O–H groups in total. The Kier molecular flexibility index (Phi) is 79.2. The van der Waals surface area contributed by atoms with E-state index in [9.17, 15) is 4.79 Å². The second kappa shape index (κ2) is 29.7. The van der Waals surface area contributed by atoms with E-state index in [1.807, 2.05) is 0 Å². The van der Waals surface area contributed by atoms with E-state index in [-0.39, 0.29) is 75.6 Å². The number of aliphatic carboxylic acids is 1. The number of hydrogen-bond acceptors (Lipinski definition) is 2. The molecule has 1 radical (unpaired) electrons. The van der Waals surface area contributed by atoms with Crippen LogP contribution >= 0.6 is 12.6 Å². The van der Waals surface area contributed by atoms with Gasteiger partial charge in [0.1, 0.15) is 0 Å². The summed E-state index contributed by atoms with van der Waals surface area (Å²) in [5.41, 5.74) is 0. The van der Waals surface area contributed by atoms with Crippen LogP contribution in [0.25, 0.3) is 0 Å². The molecular formula is C4H6NaO3Os2S+12. The molecule has 7 heteroatoms. The van der Waals surface area contributed by atoms with E-state index in [0.717, 1.165) is 0 Å². The van der Waals surface area contributed by atoms with Gasteiger partial charge in [0.25, 0.3) is 0 Å². The Morgan fingerprint density at radius 3 is 1.82 bits per heavy atom. The first-order valence-corrected chi connectivity index (χ1v) is 2.43. The first-order valence-electron chi connectivity index (χ1n) is 1.80. The summed E-state index contributed by atoms with van der Waals surface area (Å²) in [6.07, 6.45) is 0.156. The van der Waals surface area contributed by atoms with Gasteiger partial charge in [-0.25, -0.2) is 0 Å². The van der Waals surface area contributed by atoms with Crippen molar-refractivity contribution in [3.63, 3.8) is 0 Å². The third-order valence-electron chi connectivity index (χ3n) is 0.326. The van der Waals surface area contributed by atoms with E-state index in [1.54, 1.807) is 0 Å². The van der Waals surface area contributed by atoms with Gasteiger partial charge in [0, 0.05) is 5.75 Å². The topological polar surface area (TPSA) is 57.2 Å². The van der Waals surface area contributed by atoms with Crippen LogP contribution in [0.5, 0.6) is 0 Å². The molecular weight excluding hydrogens is 532 g/mol. The Bertz CT molecular complexity index is 90.7. The van der Waals surface area contributed by atoms with Crippen LogP contribution in [0.3, 0.4) is 0 Å². The number of thiol groups is 1. The van der Waals surface area contributed by atoms with Crippen LogP contribution in [-0.4, -0.2) is 16.8 Å². The van der Waals surface area contributed by atoms with Crippen LogP contribution < -0.4 is 29.6 Å². The zero-order valence-corrected chi connectivity index (χ0v) is 13.8. The fourth-order valence-electron chi connectivity index (χ4n) is 0.0956. The van der Waals surface area contributed by atoms with Crippen LogP contribution in [0.15, 0.2) is 0 Å². The normalized spacial score (nSPS) is 4.64. The molecule has 0 rings (SSSR count). The maximum atomic E-state index is 9.55. The molecule has 0 fully saturated rings. The smallest absolute Gasteiger partial charge is 1.00 e. The maximum absolute atomic E-state index is 9.55. The van der Waals surface area contributed by atoms with E-state index in [0.29, 0.717) is 5.75 Å². The number of carboxylic acids is 1. The Morgan fingerprint density at radius 2 is 1.82 bits per heavy atom. The van der Waals surface area contributed by atoms with Crippen LogP contribution in [0.2, 0.25) is 0 Å². The monoisotopic (exact) mass is 541 g/mol. The zero-order chi connectivity index (χ0) is 6.99. The minimum atomic E-state index is -0.787. The molecule has 0 aromatic carbocycles. The summed E-state index contributed by atoms with van der Waals surface area (Å²) >= 11 is 3.68. The van der Waals surface area contributed by atoms with E-state index < -0.39 is 5.97 Å². The van der Waals surface area contributed by atoms with Crippen molar-refractivity contribution in [2.45, 2.75) is 6.42 Å². The molecule has 0 aliphatic heterocycles. The molecule has 0 aliphatic rings. The molecule has 0 atom stereocenters. The van der Waals surface area contributed by atoms with Crippen molar-refractivity contribution < 1.29 is 83.7 Å². The number of carbonyl (C=O) groups is 1. The van der Waals surface area contributed by atoms with Crippen molar-refractivity contribution in [2.75, 3.05) is 5.75 Å². The van der Waals surface area contributed by atoms with Crippen LogP contribution in [0, 0.1) is 6.65 Å². The van der Waals surface area contributed by atoms with Crippen molar-refractivity contribution in [2.24, 2.45) is 0 Å². The van der Waals surface area contributed by atoms with Gasteiger partial charge in [-0.1, -0.05) is 0 Å². The van der Waals surface area contributed by atoms with Gasteiger partial charge in [0.05, 0.1) is 6.42 Å². The molecule has 0 amide bonds. The molecule has 0 heterocycles. The standard InChI is InChI=1S/C3H6O2S.CO.Na.2Os/c4-3(5)1-2-6;1-2;;;/h6H,1-2H2,(H,4,5);;;;/q;;+1;+5;+6. The fourth-order valence-corrected chi connectivity index (χ4v) is 0.287. The Labute approximate surface area is 120 Å². The molecule has 0 aromatic rings. The summed E-state index contributed by atoms with van der Waals surface area (Å²) in [5.74, 6) is -0.361. The van der Waals surface area contributed by atoms with E-state index in [4.69, 9.17) is 9.76 Å². The minimum Gasteiger partial charge on any atom is 1.00 e. The van der Waals surface area contributed by atoms with Gasteiger partial charge in [-0.15, -0.1) is 0 Å². The fraction of sp³-hybridized carbons (Fsp3) is 0.500. The average molecular weight is 538 g/mol. The average Bonchev–Trinajstić information content (AvgIpc) is 1.72. The van der Waals surface area contributed by atoms with Crippen LogP contribution in [-0.2, 0) is 49.0 Å². The van der Waals surface area contributed by atoms with Gasteiger partial charge >= 0.3 is 86.4 Å². The molecule has 0 bridgehead atoms. The Morgan fingerprint density at radius 1 is 1.55 bits per heavy atom. The van der Waals surface area contributed by atoms with Crippen LogP contribution in [0.1, 0.15) is 6.42 Å². The molecule has 3 nitrogen and oxygen atoms in total. The van der Waals surface area contributed by atoms with Crippen molar-refractivity contribution in [1.29, 1.82) is 0 Å².